The fourth-order valence-corrected chi connectivity index (χ4v) is 4.17. The van der Waals surface area contributed by atoms with Crippen LogP contribution in [-0.4, -0.2) is 33.4 Å². The van der Waals surface area contributed by atoms with Gasteiger partial charge in [0.2, 0.25) is 5.82 Å². The van der Waals surface area contributed by atoms with Crippen LogP contribution in [0.25, 0.3) is 33.7 Å². The third-order valence-corrected chi connectivity index (χ3v) is 5.72. The van der Waals surface area contributed by atoms with Crippen LogP contribution in [0.5, 0.6) is 5.75 Å². The van der Waals surface area contributed by atoms with E-state index in [9.17, 15) is 5.26 Å². The van der Waals surface area contributed by atoms with Crippen LogP contribution in [0, 0.1) is 11.3 Å². The van der Waals surface area contributed by atoms with Crippen molar-refractivity contribution in [3.63, 3.8) is 0 Å². The van der Waals surface area contributed by atoms with E-state index >= 15 is 0 Å². The highest BCUT2D eigenvalue weighted by Gasteiger charge is 2.26. The lowest BCUT2D eigenvalue weighted by molar-refractivity contribution is -0.377. The van der Waals surface area contributed by atoms with E-state index in [0.29, 0.717) is 28.6 Å². The maximum Gasteiger partial charge on any atom is 0.258 e. The van der Waals surface area contributed by atoms with Crippen LogP contribution in [0.1, 0.15) is 39.2 Å². The second-order valence-electron chi connectivity index (χ2n) is 8.57. The zero-order valence-corrected chi connectivity index (χ0v) is 19.4. The molecular weight excluding hydrogens is 432 g/mol. The Labute approximate surface area is 197 Å². The fourth-order valence-electron chi connectivity index (χ4n) is 4.17. The van der Waals surface area contributed by atoms with E-state index in [0.717, 1.165) is 35.9 Å². The van der Waals surface area contributed by atoms with Crippen molar-refractivity contribution in [1.82, 2.24) is 14.7 Å². The molecule has 8 nitrogen and oxygen atoms in total. The quantitative estimate of drug-likeness (QED) is 0.343. The number of benzene rings is 2. The van der Waals surface area contributed by atoms with Crippen LogP contribution < -0.4 is 4.74 Å². The Morgan fingerprint density at radius 1 is 1.18 bits per heavy atom. The number of ether oxygens (including phenoxy) is 3. The van der Waals surface area contributed by atoms with Gasteiger partial charge in [-0.2, -0.15) is 10.2 Å². The highest BCUT2D eigenvalue weighted by atomic mass is 16.9. The first-order valence-electron chi connectivity index (χ1n) is 11.5. The molecule has 0 aliphatic carbocycles. The third kappa shape index (κ3) is 4.40. The first-order valence-corrected chi connectivity index (χ1v) is 11.5. The molecule has 1 saturated heterocycles. The van der Waals surface area contributed by atoms with Gasteiger partial charge in [0.1, 0.15) is 11.8 Å². The summed E-state index contributed by atoms with van der Waals surface area (Å²) in [7, 11) is 0. The van der Waals surface area contributed by atoms with Gasteiger partial charge in [0.15, 0.2) is 12.6 Å². The Balaban J connectivity index is 1.36. The molecule has 34 heavy (non-hydrogen) atoms. The first kappa shape index (κ1) is 22.1. The topological polar surface area (TPSA) is 95.3 Å². The molecular formula is C26H26N4O4. The summed E-state index contributed by atoms with van der Waals surface area (Å²) < 4.78 is 24.5. The number of aryl methyl sites for hydroxylation is 1. The van der Waals surface area contributed by atoms with Crippen molar-refractivity contribution in [2.75, 3.05) is 0 Å². The van der Waals surface area contributed by atoms with E-state index < -0.39 is 0 Å². The zero-order valence-electron chi connectivity index (χ0n) is 19.4. The van der Waals surface area contributed by atoms with Crippen molar-refractivity contribution in [2.24, 2.45) is 0 Å². The number of nitrogens with zero attached hydrogens (tertiary/aromatic N) is 4. The summed E-state index contributed by atoms with van der Waals surface area (Å²) in [5.41, 5.74) is 3.10. The van der Waals surface area contributed by atoms with E-state index in [-0.39, 0.29) is 18.7 Å². The lowest BCUT2D eigenvalue weighted by atomic mass is 10.1. The van der Waals surface area contributed by atoms with Gasteiger partial charge in [0.25, 0.3) is 5.89 Å². The van der Waals surface area contributed by atoms with Crippen molar-refractivity contribution in [3.05, 3.63) is 54.2 Å². The standard InChI is InChI=1S/C26H26N4O4/c1-16(2)31-23-10-9-18(14-19(23)15-27)26-28-25(29-34-26)21-6-4-7-22-20(21)11-13-30(22)12-5-8-24-32-17(3)33-24/h4,6-7,9-11,13-14,16-17,24H,5,8,12H2,1-3H3. The van der Waals surface area contributed by atoms with Crippen molar-refractivity contribution in [3.8, 4) is 34.7 Å². The lowest BCUT2D eigenvalue weighted by Gasteiger charge is -2.33. The van der Waals surface area contributed by atoms with Crippen LogP contribution in [-0.2, 0) is 16.0 Å². The molecule has 8 heteroatoms. The van der Waals surface area contributed by atoms with Gasteiger partial charge in [-0.3, -0.25) is 0 Å². The molecule has 0 bridgehead atoms. The van der Waals surface area contributed by atoms with Crippen molar-refractivity contribution >= 4 is 10.9 Å². The molecule has 0 N–H and O–H groups in total. The molecule has 0 unspecified atom stereocenters. The van der Waals surface area contributed by atoms with E-state index in [4.69, 9.17) is 18.7 Å². The summed E-state index contributed by atoms with van der Waals surface area (Å²) >= 11 is 0. The zero-order chi connectivity index (χ0) is 23.7. The van der Waals surface area contributed by atoms with E-state index in [2.05, 4.69) is 39.1 Å². The average Bonchev–Trinajstić information content (AvgIpc) is 3.45. The average molecular weight is 459 g/mol. The minimum Gasteiger partial charge on any atom is -0.490 e. The minimum atomic E-state index is -0.0855. The number of nitriles is 1. The maximum atomic E-state index is 9.51. The Morgan fingerprint density at radius 3 is 2.79 bits per heavy atom. The number of hydrogen-bond donors (Lipinski definition) is 0. The molecule has 2 aromatic carbocycles. The summed E-state index contributed by atoms with van der Waals surface area (Å²) in [5.74, 6) is 1.40. The van der Waals surface area contributed by atoms with E-state index in [1.165, 1.54) is 0 Å². The first-order chi connectivity index (χ1) is 16.5. The largest absolute Gasteiger partial charge is 0.490 e. The van der Waals surface area contributed by atoms with Gasteiger partial charge in [-0.1, -0.05) is 17.3 Å². The van der Waals surface area contributed by atoms with Crippen molar-refractivity contribution in [1.29, 1.82) is 5.26 Å². The molecule has 1 fully saturated rings. The normalized spacial score (nSPS) is 17.6. The number of aromatic nitrogens is 3. The monoisotopic (exact) mass is 458 g/mol. The van der Waals surface area contributed by atoms with Gasteiger partial charge in [0, 0.05) is 41.2 Å². The van der Waals surface area contributed by atoms with Gasteiger partial charge in [0.05, 0.1) is 11.7 Å². The number of fused-ring (bicyclic) bond motifs is 1. The number of rotatable bonds is 8. The molecule has 0 amide bonds. The molecule has 0 radical (unpaired) electrons. The van der Waals surface area contributed by atoms with E-state index in [1.54, 1.807) is 12.1 Å². The maximum absolute atomic E-state index is 9.51. The Morgan fingerprint density at radius 2 is 2.03 bits per heavy atom. The van der Waals surface area contributed by atoms with Crippen LogP contribution in [0.2, 0.25) is 0 Å². The minimum absolute atomic E-state index is 0.0238. The second kappa shape index (κ2) is 9.29. The van der Waals surface area contributed by atoms with Gasteiger partial charge >= 0.3 is 0 Å². The molecule has 0 spiro atoms. The summed E-state index contributed by atoms with van der Waals surface area (Å²) in [6.07, 6.45) is 3.70. The van der Waals surface area contributed by atoms with Crippen LogP contribution >= 0.6 is 0 Å². The van der Waals surface area contributed by atoms with Gasteiger partial charge < -0.3 is 23.3 Å². The Bertz CT molecular complexity index is 1340. The smallest absolute Gasteiger partial charge is 0.258 e. The van der Waals surface area contributed by atoms with Gasteiger partial charge in [-0.05, 0) is 57.5 Å². The molecule has 5 rings (SSSR count). The van der Waals surface area contributed by atoms with Gasteiger partial charge in [-0.25, -0.2) is 0 Å². The van der Waals surface area contributed by atoms with Crippen molar-refractivity contribution < 1.29 is 18.7 Å². The Kier molecular flexibility index (Phi) is 6.05. The summed E-state index contributed by atoms with van der Waals surface area (Å²) in [6.45, 7) is 6.61. The molecule has 1 aliphatic heterocycles. The van der Waals surface area contributed by atoms with Gasteiger partial charge in [-0.15, -0.1) is 0 Å². The molecule has 2 aromatic heterocycles. The SMILES string of the molecule is CC(C)Oc1ccc(-c2nc(-c3cccc4c3ccn4CCCC3OC(C)O3)no2)cc1C#N. The molecule has 174 valence electrons. The number of hydrogen-bond acceptors (Lipinski definition) is 7. The summed E-state index contributed by atoms with van der Waals surface area (Å²) in [5, 5.41) is 14.8. The third-order valence-electron chi connectivity index (χ3n) is 5.72. The van der Waals surface area contributed by atoms with Crippen molar-refractivity contribution in [2.45, 2.75) is 58.8 Å². The summed E-state index contributed by atoms with van der Waals surface area (Å²) in [4.78, 5) is 4.62. The van der Waals surface area contributed by atoms with Crippen LogP contribution in [0.15, 0.2) is 53.2 Å². The Hall–Kier alpha value is -3.67. The fraction of sp³-hybridized carbons (Fsp3) is 0.346. The molecule has 0 saturated carbocycles. The van der Waals surface area contributed by atoms with E-state index in [1.807, 2.05) is 39.0 Å². The second-order valence-corrected chi connectivity index (χ2v) is 8.57. The molecule has 0 atom stereocenters. The predicted molar refractivity (Wildman–Crippen MR) is 126 cm³/mol. The highest BCUT2D eigenvalue weighted by Crippen LogP contribution is 2.31. The molecule has 4 aromatic rings. The predicted octanol–water partition coefficient (Wildman–Crippen LogP) is 5.52. The highest BCUT2D eigenvalue weighted by molar-refractivity contribution is 5.93. The van der Waals surface area contributed by atoms with Crippen LogP contribution in [0.3, 0.4) is 0 Å². The lowest BCUT2D eigenvalue weighted by Crippen LogP contribution is -2.38. The summed E-state index contributed by atoms with van der Waals surface area (Å²) in [6, 6.07) is 15.6. The molecule has 1 aliphatic rings. The van der Waals surface area contributed by atoms with Crippen LogP contribution in [0.4, 0.5) is 0 Å². The molecule has 3 heterocycles.